The number of anilines is 1. The van der Waals surface area contributed by atoms with E-state index in [0.29, 0.717) is 0 Å². The van der Waals surface area contributed by atoms with Crippen LogP contribution in [-0.2, 0) is 12.7 Å². The fourth-order valence-corrected chi connectivity index (χ4v) is 1.41. The third-order valence-corrected chi connectivity index (χ3v) is 2.32. The van der Waals surface area contributed by atoms with Crippen LogP contribution in [0.15, 0.2) is 18.2 Å². The fraction of sp³-hybridized carbons (Fsp3) is 0.364. The number of hydrogen-bond donors (Lipinski definition) is 3. The van der Waals surface area contributed by atoms with Crippen molar-refractivity contribution in [3.8, 4) is 0 Å². The summed E-state index contributed by atoms with van der Waals surface area (Å²) in [5.74, 6) is 0. The first-order chi connectivity index (χ1) is 9.53. The highest BCUT2D eigenvalue weighted by Gasteiger charge is 2.34. The molecule has 0 aliphatic heterocycles. The van der Waals surface area contributed by atoms with E-state index in [1.165, 1.54) is 11.4 Å². The molecule has 0 aliphatic rings. The molecule has 0 bridgehead atoms. The van der Waals surface area contributed by atoms with Crippen molar-refractivity contribution in [3.63, 3.8) is 0 Å². The topological polar surface area (TPSA) is 67.1 Å². The summed E-state index contributed by atoms with van der Waals surface area (Å²) in [6, 6.07) is 1.49. The van der Waals surface area contributed by atoms with Crippen molar-refractivity contribution in [3.05, 3.63) is 29.3 Å². The molecule has 1 aromatic rings. The van der Waals surface area contributed by atoms with Gasteiger partial charge in [-0.25, -0.2) is 4.79 Å². The van der Waals surface area contributed by atoms with Gasteiger partial charge in [-0.15, -0.1) is 0 Å². The molecule has 118 valence electrons. The molecule has 1 rings (SSSR count). The molecule has 0 saturated heterocycles. The number of carbonyl (C=O) groups is 1. The van der Waals surface area contributed by atoms with Crippen LogP contribution in [0.5, 0.6) is 0 Å². The van der Waals surface area contributed by atoms with Gasteiger partial charge in [-0.05, 0) is 17.7 Å². The zero-order valence-corrected chi connectivity index (χ0v) is 10.4. The average Bonchev–Trinajstić information content (AvgIpc) is 2.35. The highest BCUT2D eigenvalue weighted by atomic mass is 19.4. The number of nitrogens with two attached hydrogens (primary N) is 1. The first-order valence-corrected chi connectivity index (χ1v) is 5.54. The van der Waals surface area contributed by atoms with E-state index < -0.39 is 36.2 Å². The maximum absolute atomic E-state index is 12.8. The van der Waals surface area contributed by atoms with E-state index in [0.717, 1.165) is 12.1 Å². The summed E-state index contributed by atoms with van der Waals surface area (Å²) < 4.78 is 74.0. The molecule has 0 fully saturated rings. The lowest BCUT2D eigenvalue weighted by Gasteiger charge is -2.16. The van der Waals surface area contributed by atoms with Crippen molar-refractivity contribution in [1.29, 1.82) is 0 Å². The Labute approximate surface area is 115 Å². The van der Waals surface area contributed by atoms with Gasteiger partial charge in [0.05, 0.1) is 11.3 Å². The molecule has 0 aromatic heterocycles. The first kappa shape index (κ1) is 17.1. The van der Waals surface area contributed by atoms with Gasteiger partial charge in [0, 0.05) is 6.54 Å². The van der Waals surface area contributed by atoms with Crippen LogP contribution in [0.25, 0.3) is 0 Å². The minimum absolute atomic E-state index is 0.149. The Morgan fingerprint density at radius 3 is 2.24 bits per heavy atom. The van der Waals surface area contributed by atoms with Gasteiger partial charge in [0.25, 0.3) is 0 Å². The van der Waals surface area contributed by atoms with Crippen molar-refractivity contribution in [2.24, 2.45) is 5.73 Å². The molecule has 0 unspecified atom stereocenters. The fourth-order valence-electron chi connectivity index (χ4n) is 1.41. The summed E-state index contributed by atoms with van der Waals surface area (Å²) in [7, 11) is 0. The molecule has 0 heterocycles. The number of rotatable bonds is 3. The van der Waals surface area contributed by atoms with Crippen molar-refractivity contribution in [2.45, 2.75) is 18.9 Å². The Balaban J connectivity index is 2.90. The number of benzene rings is 1. The lowest BCUT2D eigenvalue weighted by atomic mass is 10.1. The highest BCUT2D eigenvalue weighted by Crippen LogP contribution is 2.35. The number of hydrogen-bond acceptors (Lipinski definition) is 2. The van der Waals surface area contributed by atoms with Gasteiger partial charge in [0.2, 0.25) is 0 Å². The van der Waals surface area contributed by atoms with Crippen LogP contribution in [-0.4, -0.2) is 18.8 Å². The van der Waals surface area contributed by atoms with Gasteiger partial charge in [-0.2, -0.15) is 26.3 Å². The van der Waals surface area contributed by atoms with Crippen molar-refractivity contribution in [2.75, 3.05) is 11.9 Å². The Bertz CT molecular complexity index is 512. The van der Waals surface area contributed by atoms with Crippen LogP contribution in [0.1, 0.15) is 11.1 Å². The number of amides is 2. The molecule has 4 nitrogen and oxygen atoms in total. The molecule has 21 heavy (non-hydrogen) atoms. The summed E-state index contributed by atoms with van der Waals surface area (Å²) in [5.41, 5.74) is 3.55. The summed E-state index contributed by atoms with van der Waals surface area (Å²) in [6.07, 6.45) is -9.44. The van der Waals surface area contributed by atoms with Crippen LogP contribution in [0, 0.1) is 0 Å². The minimum Gasteiger partial charge on any atom is -0.329 e. The molecule has 0 aliphatic carbocycles. The van der Waals surface area contributed by atoms with E-state index in [1.807, 2.05) is 0 Å². The third-order valence-electron chi connectivity index (χ3n) is 2.32. The van der Waals surface area contributed by atoms with E-state index in [-0.39, 0.29) is 12.1 Å². The molecule has 4 N–H and O–H groups in total. The molecular weight excluding hydrogens is 304 g/mol. The van der Waals surface area contributed by atoms with E-state index in [2.05, 4.69) is 0 Å². The van der Waals surface area contributed by atoms with Crippen molar-refractivity contribution < 1.29 is 31.1 Å². The summed E-state index contributed by atoms with van der Waals surface area (Å²) in [5, 5.41) is 3.14. The molecule has 0 spiro atoms. The molecular formula is C11H11F6N3O. The van der Waals surface area contributed by atoms with E-state index in [4.69, 9.17) is 5.73 Å². The highest BCUT2D eigenvalue weighted by molar-refractivity contribution is 5.90. The zero-order chi connectivity index (χ0) is 16.3. The largest absolute Gasteiger partial charge is 0.418 e. The van der Waals surface area contributed by atoms with Crippen LogP contribution >= 0.6 is 0 Å². The lowest BCUT2D eigenvalue weighted by Crippen LogP contribution is -2.37. The predicted molar refractivity (Wildman–Crippen MR) is 62.4 cm³/mol. The van der Waals surface area contributed by atoms with Gasteiger partial charge in [-0.3, -0.25) is 0 Å². The Morgan fingerprint density at radius 1 is 1.14 bits per heavy atom. The smallest absolute Gasteiger partial charge is 0.329 e. The summed E-state index contributed by atoms with van der Waals surface area (Å²) in [4.78, 5) is 11.2. The molecule has 2 amide bonds. The summed E-state index contributed by atoms with van der Waals surface area (Å²) in [6.45, 7) is -1.80. The SMILES string of the molecule is NCc1ccc(NC(=O)NCC(F)(F)F)c(C(F)(F)F)c1. The van der Waals surface area contributed by atoms with Crippen LogP contribution in [0.3, 0.4) is 0 Å². The Hall–Kier alpha value is -1.97. The predicted octanol–water partition coefficient (Wildman–Crippen LogP) is 2.85. The molecule has 0 atom stereocenters. The van der Waals surface area contributed by atoms with Crippen molar-refractivity contribution >= 4 is 11.7 Å². The van der Waals surface area contributed by atoms with Gasteiger partial charge in [-0.1, -0.05) is 6.07 Å². The van der Waals surface area contributed by atoms with Gasteiger partial charge < -0.3 is 16.4 Å². The van der Waals surface area contributed by atoms with E-state index in [1.54, 1.807) is 5.32 Å². The zero-order valence-electron chi connectivity index (χ0n) is 10.4. The van der Waals surface area contributed by atoms with Gasteiger partial charge in [0.15, 0.2) is 0 Å². The summed E-state index contributed by atoms with van der Waals surface area (Å²) >= 11 is 0. The van der Waals surface area contributed by atoms with Crippen LogP contribution in [0.4, 0.5) is 36.8 Å². The van der Waals surface area contributed by atoms with Crippen LogP contribution < -0.4 is 16.4 Å². The van der Waals surface area contributed by atoms with E-state index in [9.17, 15) is 31.1 Å². The Morgan fingerprint density at radius 2 is 1.76 bits per heavy atom. The monoisotopic (exact) mass is 315 g/mol. The molecule has 1 aromatic carbocycles. The average molecular weight is 315 g/mol. The lowest BCUT2D eigenvalue weighted by molar-refractivity contribution is -0.137. The number of halogens is 6. The first-order valence-electron chi connectivity index (χ1n) is 5.54. The molecule has 10 heteroatoms. The number of nitrogens with one attached hydrogen (secondary N) is 2. The third kappa shape index (κ3) is 5.50. The maximum atomic E-state index is 12.8. The molecule has 0 saturated carbocycles. The normalized spacial score (nSPS) is 12.1. The van der Waals surface area contributed by atoms with Crippen molar-refractivity contribution in [1.82, 2.24) is 5.32 Å². The van der Waals surface area contributed by atoms with Crippen LogP contribution in [0.2, 0.25) is 0 Å². The standard InChI is InChI=1S/C11H11F6N3O/c12-10(13,14)5-19-9(21)20-8-2-1-6(4-18)3-7(8)11(15,16)17/h1-3H,4-5,18H2,(H2,19,20,21). The number of urea groups is 1. The Kier molecular flexibility index (Phi) is 5.05. The minimum atomic E-state index is -4.78. The maximum Gasteiger partial charge on any atom is 0.418 e. The van der Waals surface area contributed by atoms with E-state index >= 15 is 0 Å². The second-order valence-electron chi connectivity index (χ2n) is 4.00. The quantitative estimate of drug-likeness (QED) is 0.751. The van der Waals surface area contributed by atoms with Gasteiger partial charge in [0.1, 0.15) is 6.54 Å². The second kappa shape index (κ2) is 6.20. The second-order valence-corrected chi connectivity index (χ2v) is 4.00. The molecule has 0 radical (unpaired) electrons. The number of carbonyl (C=O) groups excluding carboxylic acids is 1. The van der Waals surface area contributed by atoms with Gasteiger partial charge >= 0.3 is 18.4 Å². The number of alkyl halides is 6.